The monoisotopic (exact) mass is 330 g/mol. The molecule has 0 fully saturated rings. The largest absolute Gasteiger partial charge is 0.481 e. The molecule has 0 bridgehead atoms. The molecule has 0 aromatic carbocycles. The van der Waals surface area contributed by atoms with Crippen LogP contribution in [0.4, 0.5) is 0 Å². The second kappa shape index (κ2) is 14.7. The third kappa shape index (κ3) is 14.4. The van der Waals surface area contributed by atoms with Crippen LogP contribution in [0.2, 0.25) is 0 Å². The molecular formula is C18H34O5. The Kier molecular flexibility index (Phi) is 14.1. The van der Waals surface area contributed by atoms with Gasteiger partial charge in [-0.15, -0.1) is 0 Å². The lowest BCUT2D eigenvalue weighted by molar-refractivity contribution is -0.137. The average molecular weight is 330 g/mol. The predicted molar refractivity (Wildman–Crippen MR) is 91.3 cm³/mol. The van der Waals surface area contributed by atoms with Crippen molar-refractivity contribution in [3.05, 3.63) is 12.2 Å². The van der Waals surface area contributed by atoms with E-state index in [1.807, 2.05) is 19.1 Å². The molecule has 0 spiro atoms. The molecule has 0 aliphatic rings. The van der Waals surface area contributed by atoms with Crippen LogP contribution < -0.4 is 0 Å². The molecule has 136 valence electrons. The molecule has 0 radical (unpaired) electrons. The molecule has 3 atom stereocenters. The number of carboxylic acids is 1. The van der Waals surface area contributed by atoms with Gasteiger partial charge in [0.15, 0.2) is 0 Å². The molecule has 0 saturated heterocycles. The highest BCUT2D eigenvalue weighted by atomic mass is 16.4. The summed E-state index contributed by atoms with van der Waals surface area (Å²) in [5.41, 5.74) is 0. The second-order valence-corrected chi connectivity index (χ2v) is 6.18. The molecule has 0 amide bonds. The molecule has 0 aliphatic carbocycles. The summed E-state index contributed by atoms with van der Waals surface area (Å²) in [6, 6.07) is 0. The molecular weight excluding hydrogens is 296 g/mol. The standard InChI is InChI=1S/C18H34O5/c1-2-3-7-11-16(20)17(21)14-13-15(19)10-8-5-4-6-9-12-18(22)23/h3,7,15-17,19-21H,2,4-6,8-14H2,1H3,(H,22,23)/b7-3-/t15-,16+,17+/m1/s1. The summed E-state index contributed by atoms with van der Waals surface area (Å²) in [5.74, 6) is -0.744. The number of carbonyl (C=O) groups is 1. The van der Waals surface area contributed by atoms with Gasteiger partial charge in [0.2, 0.25) is 0 Å². The van der Waals surface area contributed by atoms with Crippen LogP contribution in [-0.2, 0) is 4.79 Å². The lowest BCUT2D eigenvalue weighted by Gasteiger charge is -2.18. The van der Waals surface area contributed by atoms with Gasteiger partial charge in [0.1, 0.15) is 0 Å². The van der Waals surface area contributed by atoms with E-state index in [-0.39, 0.29) is 6.42 Å². The maximum Gasteiger partial charge on any atom is 0.303 e. The fraction of sp³-hybridized carbons (Fsp3) is 0.833. The Bertz CT molecular complexity index is 317. The summed E-state index contributed by atoms with van der Waals surface area (Å²) in [6.45, 7) is 2.02. The topological polar surface area (TPSA) is 98.0 Å². The molecule has 5 heteroatoms. The van der Waals surface area contributed by atoms with E-state index in [2.05, 4.69) is 0 Å². The van der Waals surface area contributed by atoms with Crippen molar-refractivity contribution in [2.75, 3.05) is 0 Å². The van der Waals surface area contributed by atoms with Gasteiger partial charge in [-0.2, -0.15) is 0 Å². The number of aliphatic hydroxyl groups is 3. The first-order valence-electron chi connectivity index (χ1n) is 8.88. The zero-order valence-electron chi connectivity index (χ0n) is 14.4. The molecule has 0 aromatic rings. The third-order valence-electron chi connectivity index (χ3n) is 3.95. The summed E-state index contributed by atoms with van der Waals surface area (Å²) in [6.07, 6.45) is 9.54. The van der Waals surface area contributed by atoms with Gasteiger partial charge in [-0.3, -0.25) is 4.79 Å². The Morgan fingerprint density at radius 3 is 2.17 bits per heavy atom. The van der Waals surface area contributed by atoms with Gasteiger partial charge < -0.3 is 20.4 Å². The van der Waals surface area contributed by atoms with Crippen LogP contribution in [0.15, 0.2) is 12.2 Å². The highest BCUT2D eigenvalue weighted by molar-refractivity contribution is 5.66. The van der Waals surface area contributed by atoms with E-state index >= 15 is 0 Å². The predicted octanol–water partition coefficient (Wildman–Crippen LogP) is 3.02. The Morgan fingerprint density at radius 1 is 0.870 bits per heavy atom. The van der Waals surface area contributed by atoms with Gasteiger partial charge in [-0.1, -0.05) is 44.8 Å². The number of unbranched alkanes of at least 4 members (excludes halogenated alkanes) is 4. The number of aliphatic hydroxyl groups excluding tert-OH is 3. The molecule has 0 saturated carbocycles. The van der Waals surface area contributed by atoms with Crippen LogP contribution in [-0.4, -0.2) is 44.7 Å². The van der Waals surface area contributed by atoms with Crippen LogP contribution in [0.1, 0.15) is 77.6 Å². The fourth-order valence-electron chi connectivity index (χ4n) is 2.45. The smallest absolute Gasteiger partial charge is 0.303 e. The van der Waals surface area contributed by atoms with Crippen molar-refractivity contribution in [1.82, 2.24) is 0 Å². The number of hydrogen-bond donors (Lipinski definition) is 4. The number of carboxylic acid groups (broad SMARTS) is 1. The quantitative estimate of drug-likeness (QED) is 0.273. The van der Waals surface area contributed by atoms with Crippen molar-refractivity contribution in [2.24, 2.45) is 0 Å². The molecule has 4 N–H and O–H groups in total. The lowest BCUT2D eigenvalue weighted by Crippen LogP contribution is -2.26. The Hall–Kier alpha value is -0.910. The third-order valence-corrected chi connectivity index (χ3v) is 3.95. The average Bonchev–Trinajstić information content (AvgIpc) is 2.51. The first kappa shape index (κ1) is 22.1. The molecule has 0 unspecified atom stereocenters. The Labute approximate surface area is 140 Å². The zero-order valence-corrected chi connectivity index (χ0v) is 14.4. The minimum atomic E-state index is -0.790. The fourth-order valence-corrected chi connectivity index (χ4v) is 2.45. The van der Waals surface area contributed by atoms with Crippen LogP contribution in [0.5, 0.6) is 0 Å². The van der Waals surface area contributed by atoms with Gasteiger partial charge in [-0.25, -0.2) is 0 Å². The summed E-state index contributed by atoms with van der Waals surface area (Å²) < 4.78 is 0. The van der Waals surface area contributed by atoms with Gasteiger partial charge in [0, 0.05) is 6.42 Å². The second-order valence-electron chi connectivity index (χ2n) is 6.18. The highest BCUT2D eigenvalue weighted by Crippen LogP contribution is 2.14. The maximum atomic E-state index is 10.4. The van der Waals surface area contributed by atoms with Gasteiger partial charge in [0.05, 0.1) is 18.3 Å². The van der Waals surface area contributed by atoms with Crippen LogP contribution in [0.3, 0.4) is 0 Å². The molecule has 0 heterocycles. The van der Waals surface area contributed by atoms with Crippen molar-refractivity contribution < 1.29 is 25.2 Å². The van der Waals surface area contributed by atoms with E-state index in [1.54, 1.807) is 0 Å². The first-order chi connectivity index (χ1) is 11.0. The summed E-state index contributed by atoms with van der Waals surface area (Å²) in [5, 5.41) is 38.0. The highest BCUT2D eigenvalue weighted by Gasteiger charge is 2.16. The van der Waals surface area contributed by atoms with Gasteiger partial charge in [-0.05, 0) is 38.5 Å². The Balaban J connectivity index is 3.56. The lowest BCUT2D eigenvalue weighted by atomic mass is 10.00. The van der Waals surface area contributed by atoms with Crippen LogP contribution >= 0.6 is 0 Å². The molecule has 0 aliphatic heterocycles. The van der Waals surface area contributed by atoms with Crippen LogP contribution in [0, 0.1) is 0 Å². The normalized spacial score (nSPS) is 15.7. The number of allylic oxidation sites excluding steroid dienone is 1. The summed E-state index contributed by atoms with van der Waals surface area (Å²) in [7, 11) is 0. The van der Waals surface area contributed by atoms with Crippen molar-refractivity contribution in [1.29, 1.82) is 0 Å². The van der Waals surface area contributed by atoms with Crippen molar-refractivity contribution in [2.45, 2.75) is 95.9 Å². The number of rotatable bonds is 15. The number of hydrogen-bond acceptors (Lipinski definition) is 4. The zero-order chi connectivity index (χ0) is 17.5. The summed E-state index contributed by atoms with van der Waals surface area (Å²) in [4.78, 5) is 10.4. The first-order valence-corrected chi connectivity index (χ1v) is 8.88. The molecule has 0 aromatic heterocycles. The van der Waals surface area contributed by atoms with Gasteiger partial charge in [0.25, 0.3) is 0 Å². The van der Waals surface area contributed by atoms with Crippen molar-refractivity contribution >= 4 is 5.97 Å². The minimum Gasteiger partial charge on any atom is -0.481 e. The van der Waals surface area contributed by atoms with Crippen molar-refractivity contribution in [3.63, 3.8) is 0 Å². The Morgan fingerprint density at radius 2 is 1.52 bits per heavy atom. The minimum absolute atomic E-state index is 0.232. The van der Waals surface area contributed by atoms with Gasteiger partial charge >= 0.3 is 5.97 Å². The van der Waals surface area contributed by atoms with E-state index < -0.39 is 24.3 Å². The van der Waals surface area contributed by atoms with Crippen molar-refractivity contribution in [3.8, 4) is 0 Å². The molecule has 23 heavy (non-hydrogen) atoms. The van der Waals surface area contributed by atoms with Crippen LogP contribution in [0.25, 0.3) is 0 Å². The maximum absolute atomic E-state index is 10.4. The van der Waals surface area contributed by atoms with E-state index in [1.165, 1.54) is 0 Å². The van der Waals surface area contributed by atoms with E-state index in [0.29, 0.717) is 32.1 Å². The molecule has 0 rings (SSSR count). The SMILES string of the molecule is CC/C=C\C[C@H](O)[C@@H](O)CC[C@H](O)CCCCCCCC(=O)O. The molecule has 5 nitrogen and oxygen atoms in total. The van der Waals surface area contributed by atoms with E-state index in [4.69, 9.17) is 5.11 Å². The number of aliphatic carboxylic acids is 1. The van der Waals surface area contributed by atoms with E-state index in [9.17, 15) is 20.1 Å². The van der Waals surface area contributed by atoms with E-state index in [0.717, 1.165) is 32.1 Å². The summed E-state index contributed by atoms with van der Waals surface area (Å²) >= 11 is 0.